The number of hydrogen-bond donors (Lipinski definition) is 2. The fourth-order valence-electron chi connectivity index (χ4n) is 3.39. The van der Waals surface area contributed by atoms with E-state index in [1.165, 1.54) is 6.33 Å². The average Bonchev–Trinajstić information content (AvgIpc) is 3.22. The molecular formula is C24H25N7O2. The van der Waals surface area contributed by atoms with Crippen LogP contribution in [0.1, 0.15) is 27.3 Å². The van der Waals surface area contributed by atoms with Crippen molar-refractivity contribution in [2.45, 2.75) is 19.7 Å². The predicted molar refractivity (Wildman–Crippen MR) is 124 cm³/mol. The minimum Gasteiger partial charge on any atom is -0.380 e. The first-order valence-corrected chi connectivity index (χ1v) is 10.5. The van der Waals surface area contributed by atoms with E-state index in [1.807, 2.05) is 54.1 Å². The van der Waals surface area contributed by atoms with Crippen molar-refractivity contribution in [3.63, 3.8) is 0 Å². The molecule has 1 amide bonds. The predicted octanol–water partition coefficient (Wildman–Crippen LogP) is 2.96. The molecule has 0 bridgehead atoms. The van der Waals surface area contributed by atoms with Gasteiger partial charge in [0.25, 0.3) is 5.91 Å². The van der Waals surface area contributed by atoms with Gasteiger partial charge in [0.05, 0.1) is 13.2 Å². The van der Waals surface area contributed by atoms with E-state index in [0.717, 1.165) is 22.6 Å². The van der Waals surface area contributed by atoms with Crippen LogP contribution in [0, 0.1) is 0 Å². The van der Waals surface area contributed by atoms with Gasteiger partial charge in [0.15, 0.2) is 11.6 Å². The van der Waals surface area contributed by atoms with Crippen LogP contribution in [0.15, 0.2) is 67.1 Å². The number of methoxy groups -OCH3 is 1. The molecule has 0 spiro atoms. The Labute approximate surface area is 191 Å². The zero-order chi connectivity index (χ0) is 23.0. The lowest BCUT2D eigenvalue weighted by Crippen LogP contribution is -2.23. The van der Waals surface area contributed by atoms with Gasteiger partial charge in [0.1, 0.15) is 12.0 Å². The van der Waals surface area contributed by atoms with Crippen LogP contribution in [0.3, 0.4) is 0 Å². The van der Waals surface area contributed by atoms with Crippen LogP contribution < -0.4 is 10.6 Å². The van der Waals surface area contributed by atoms with Crippen LogP contribution in [0.2, 0.25) is 0 Å². The van der Waals surface area contributed by atoms with E-state index in [2.05, 4.69) is 30.8 Å². The highest BCUT2D eigenvalue weighted by Crippen LogP contribution is 2.16. The maximum Gasteiger partial charge on any atom is 0.251 e. The molecule has 0 aliphatic carbocycles. The van der Waals surface area contributed by atoms with Gasteiger partial charge in [-0.3, -0.25) is 4.79 Å². The summed E-state index contributed by atoms with van der Waals surface area (Å²) in [5.41, 5.74) is 4.19. The molecule has 2 heterocycles. The fraction of sp³-hybridized carbons (Fsp3) is 0.208. The number of rotatable bonds is 9. The van der Waals surface area contributed by atoms with Crippen molar-refractivity contribution < 1.29 is 9.53 Å². The number of carbonyl (C=O) groups is 1. The Morgan fingerprint density at radius 3 is 2.70 bits per heavy atom. The van der Waals surface area contributed by atoms with E-state index in [9.17, 15) is 4.79 Å². The highest BCUT2D eigenvalue weighted by Gasteiger charge is 2.12. The summed E-state index contributed by atoms with van der Waals surface area (Å²) in [7, 11) is 3.55. The van der Waals surface area contributed by atoms with E-state index in [4.69, 9.17) is 4.74 Å². The molecule has 0 radical (unpaired) electrons. The summed E-state index contributed by atoms with van der Waals surface area (Å²) in [6.45, 7) is 1.44. The van der Waals surface area contributed by atoms with Crippen molar-refractivity contribution in [2.24, 2.45) is 7.05 Å². The molecule has 0 saturated heterocycles. The number of nitrogens with zero attached hydrogens (tertiary/aromatic N) is 5. The second kappa shape index (κ2) is 10.5. The normalized spacial score (nSPS) is 10.7. The van der Waals surface area contributed by atoms with Crippen LogP contribution in [0.5, 0.6) is 0 Å². The van der Waals surface area contributed by atoms with Crippen molar-refractivity contribution in [1.82, 2.24) is 30.0 Å². The molecule has 0 atom stereocenters. The molecule has 0 saturated carbocycles. The second-order valence-corrected chi connectivity index (χ2v) is 7.46. The van der Waals surface area contributed by atoms with E-state index in [0.29, 0.717) is 36.8 Å². The van der Waals surface area contributed by atoms with Crippen LogP contribution in [0.25, 0.3) is 11.5 Å². The lowest BCUT2D eigenvalue weighted by Gasteiger charge is -2.10. The number of carbonyl (C=O) groups excluding carboxylic acids is 1. The molecule has 0 fully saturated rings. The van der Waals surface area contributed by atoms with Gasteiger partial charge < -0.3 is 19.9 Å². The lowest BCUT2D eigenvalue weighted by atomic mass is 10.1. The van der Waals surface area contributed by atoms with Gasteiger partial charge in [-0.2, -0.15) is 0 Å². The van der Waals surface area contributed by atoms with Crippen molar-refractivity contribution in [3.8, 4) is 11.5 Å². The highest BCUT2D eigenvalue weighted by atomic mass is 16.5. The summed E-state index contributed by atoms with van der Waals surface area (Å²) in [6.07, 6.45) is 3.15. The minimum absolute atomic E-state index is 0.138. The van der Waals surface area contributed by atoms with Crippen molar-refractivity contribution >= 4 is 11.6 Å². The van der Waals surface area contributed by atoms with Gasteiger partial charge in [0.2, 0.25) is 0 Å². The Bertz CT molecular complexity index is 1220. The van der Waals surface area contributed by atoms with Gasteiger partial charge in [-0.15, -0.1) is 10.2 Å². The topological polar surface area (TPSA) is 107 Å². The van der Waals surface area contributed by atoms with Gasteiger partial charge in [-0.25, -0.2) is 9.97 Å². The van der Waals surface area contributed by atoms with Crippen LogP contribution in [0.4, 0.5) is 5.69 Å². The first-order chi connectivity index (χ1) is 16.1. The lowest BCUT2D eigenvalue weighted by molar-refractivity contribution is 0.0951. The fourth-order valence-corrected chi connectivity index (χ4v) is 3.39. The van der Waals surface area contributed by atoms with Gasteiger partial charge in [0, 0.05) is 38.1 Å². The largest absolute Gasteiger partial charge is 0.380 e. The summed E-state index contributed by atoms with van der Waals surface area (Å²) in [5.74, 6) is 1.27. The number of nitrogens with one attached hydrogen (secondary N) is 2. The second-order valence-electron chi connectivity index (χ2n) is 7.46. The van der Waals surface area contributed by atoms with Crippen LogP contribution in [-0.4, -0.2) is 37.7 Å². The molecule has 9 heteroatoms. The third kappa shape index (κ3) is 5.58. The van der Waals surface area contributed by atoms with Crippen LogP contribution in [-0.2, 0) is 31.5 Å². The Balaban J connectivity index is 1.37. The summed E-state index contributed by atoms with van der Waals surface area (Å²) >= 11 is 0. The number of hydrogen-bond acceptors (Lipinski definition) is 7. The maximum atomic E-state index is 12.7. The van der Waals surface area contributed by atoms with E-state index in [1.54, 1.807) is 25.4 Å². The third-order valence-electron chi connectivity index (χ3n) is 5.11. The summed E-state index contributed by atoms with van der Waals surface area (Å²) in [6, 6.07) is 17.1. The smallest absolute Gasteiger partial charge is 0.251 e. The monoisotopic (exact) mass is 443 g/mol. The molecule has 33 heavy (non-hydrogen) atoms. The molecule has 0 aliphatic heterocycles. The standard InChI is InChI=1S/C24H25N7O2/c1-31-22(29-30-23(31)21-9-10-25-16-28-21)14-26-20-8-4-7-19(12-20)24(32)27-13-17-5-3-6-18(11-17)15-33-2/h3-12,16,26H,13-15H2,1-2H3,(H,27,32). The first kappa shape index (κ1) is 22.1. The van der Waals surface area contributed by atoms with Gasteiger partial charge in [-0.05, 0) is 35.4 Å². The Hall–Kier alpha value is -4.11. The minimum atomic E-state index is -0.138. The number of benzene rings is 2. The highest BCUT2D eigenvalue weighted by molar-refractivity contribution is 5.95. The molecule has 4 aromatic rings. The molecular weight excluding hydrogens is 418 g/mol. The SMILES string of the molecule is COCc1cccc(CNC(=O)c2cccc(NCc3nnc(-c4ccncn4)n3C)c2)c1. The molecule has 2 N–H and O–H groups in total. The van der Waals surface area contributed by atoms with Crippen molar-refractivity contribution in [1.29, 1.82) is 0 Å². The molecule has 2 aromatic heterocycles. The quantitative estimate of drug-likeness (QED) is 0.410. The number of ether oxygens (including phenoxy) is 1. The molecule has 2 aromatic carbocycles. The Kier molecular flexibility index (Phi) is 7.01. The van der Waals surface area contributed by atoms with Gasteiger partial charge >= 0.3 is 0 Å². The molecule has 168 valence electrons. The summed E-state index contributed by atoms with van der Waals surface area (Å²) in [4.78, 5) is 20.8. The summed E-state index contributed by atoms with van der Waals surface area (Å²) in [5, 5.41) is 14.8. The van der Waals surface area contributed by atoms with Crippen molar-refractivity contribution in [3.05, 3.63) is 89.6 Å². The number of amides is 1. The zero-order valence-corrected chi connectivity index (χ0v) is 18.5. The molecule has 9 nitrogen and oxygen atoms in total. The first-order valence-electron chi connectivity index (χ1n) is 10.5. The van der Waals surface area contributed by atoms with E-state index >= 15 is 0 Å². The Morgan fingerprint density at radius 2 is 1.88 bits per heavy atom. The van der Waals surface area contributed by atoms with Crippen LogP contribution >= 0.6 is 0 Å². The number of aromatic nitrogens is 5. The third-order valence-corrected chi connectivity index (χ3v) is 5.11. The van der Waals surface area contributed by atoms with Crippen molar-refractivity contribution in [2.75, 3.05) is 12.4 Å². The van der Waals surface area contributed by atoms with Gasteiger partial charge in [-0.1, -0.05) is 30.3 Å². The summed E-state index contributed by atoms with van der Waals surface area (Å²) < 4.78 is 7.05. The molecule has 4 rings (SSSR count). The Morgan fingerprint density at radius 1 is 1.03 bits per heavy atom. The van der Waals surface area contributed by atoms with E-state index in [-0.39, 0.29) is 5.91 Å². The molecule has 0 aliphatic rings. The zero-order valence-electron chi connectivity index (χ0n) is 18.5. The maximum absolute atomic E-state index is 12.7. The van der Waals surface area contributed by atoms with E-state index < -0.39 is 0 Å². The molecule has 0 unspecified atom stereocenters. The number of anilines is 1. The average molecular weight is 444 g/mol.